The number of amidine groups is 2. The predicted octanol–water partition coefficient (Wildman–Crippen LogP) is 10.1. The Morgan fingerprint density at radius 3 is 1.71 bits per heavy atom. The number of aliphatic imine (C=N–C) groups is 1. The summed E-state index contributed by atoms with van der Waals surface area (Å²) in [4.78, 5) is 8.80. The molecule has 8 aromatic carbocycles. The molecule has 11 rings (SSSR count). The van der Waals surface area contributed by atoms with E-state index in [0.29, 0.717) is 0 Å². The monoisotopic (exact) mass is 718 g/mol. The molecule has 5 heteroatoms. The average molecular weight is 719 g/mol. The maximum absolute atomic E-state index is 5.07. The van der Waals surface area contributed by atoms with Gasteiger partial charge in [-0.3, -0.25) is 0 Å². The molecule has 10 aromatic rings. The molecule has 0 saturated heterocycles. The van der Waals surface area contributed by atoms with Gasteiger partial charge < -0.3 is 14.5 Å². The van der Waals surface area contributed by atoms with Crippen molar-refractivity contribution >= 4 is 55.3 Å². The largest absolute Gasteiger partial charge is 0.328 e. The molecule has 5 nitrogen and oxygen atoms in total. The Balaban J connectivity index is 1.14. The molecule has 2 aromatic heterocycles. The van der Waals surface area contributed by atoms with Crippen LogP contribution >= 0.6 is 0 Å². The Morgan fingerprint density at radius 1 is 0.393 bits per heavy atom. The van der Waals surface area contributed by atoms with Crippen molar-refractivity contribution in [3.8, 4) is 22.5 Å². The third-order valence-electron chi connectivity index (χ3n) is 11.0. The summed E-state index contributed by atoms with van der Waals surface area (Å²) in [6, 6.07) is 71.4. The number of nitrogens with zero attached hydrogens (tertiary/aromatic N) is 3. The Morgan fingerprint density at radius 2 is 0.964 bits per heavy atom. The molecule has 3 heterocycles. The third-order valence-corrected chi connectivity index (χ3v) is 11.0. The van der Waals surface area contributed by atoms with E-state index in [1.165, 1.54) is 43.7 Å². The van der Waals surface area contributed by atoms with Gasteiger partial charge in [0.1, 0.15) is 0 Å². The van der Waals surface area contributed by atoms with E-state index in [1.807, 2.05) is 12.1 Å². The summed E-state index contributed by atoms with van der Waals surface area (Å²) in [7, 11) is 0. The van der Waals surface area contributed by atoms with Crippen LogP contribution in [-0.4, -0.2) is 20.8 Å². The number of para-hydroxylation sites is 2. The summed E-state index contributed by atoms with van der Waals surface area (Å²) in [6.45, 7) is 0. The molecule has 1 unspecified atom stereocenters. The van der Waals surface area contributed by atoms with Crippen molar-refractivity contribution in [1.29, 1.82) is 0 Å². The molecule has 0 radical (unpaired) electrons. The highest BCUT2D eigenvalue weighted by molar-refractivity contribution is 6.19. The van der Waals surface area contributed by atoms with Crippen LogP contribution < -0.4 is 10.3 Å². The fraction of sp³-hybridized carbons (Fsp3) is 0.0196. The van der Waals surface area contributed by atoms with Gasteiger partial charge >= 0.3 is 5.84 Å². The molecule has 0 amide bonds. The van der Waals surface area contributed by atoms with Crippen LogP contribution in [0.3, 0.4) is 0 Å². The highest BCUT2D eigenvalue weighted by Crippen LogP contribution is 2.41. The fourth-order valence-electron chi connectivity index (χ4n) is 8.41. The first-order chi connectivity index (χ1) is 27.8. The Hall–Kier alpha value is -7.50. The number of hydrogen-bond acceptors (Lipinski definition) is 2. The summed E-state index contributed by atoms with van der Waals surface area (Å²) in [6.07, 6.45) is -0.219. The van der Waals surface area contributed by atoms with Crippen LogP contribution in [0.1, 0.15) is 22.9 Å². The normalized spacial score (nSPS) is 14.2. The van der Waals surface area contributed by atoms with Gasteiger partial charge in [-0.2, -0.15) is 0 Å². The molecule has 0 aliphatic carbocycles. The van der Waals surface area contributed by atoms with E-state index in [-0.39, 0.29) is 6.17 Å². The number of benzene rings is 8. The second-order valence-corrected chi connectivity index (χ2v) is 14.4. The summed E-state index contributed by atoms with van der Waals surface area (Å²) in [5, 5.41) is 8.65. The van der Waals surface area contributed by atoms with Crippen LogP contribution in [-0.2, 0) is 0 Å². The van der Waals surface area contributed by atoms with E-state index in [9.17, 15) is 0 Å². The first kappa shape index (κ1) is 32.0. The molecule has 0 saturated carbocycles. The Kier molecular flexibility index (Phi) is 7.49. The molecular formula is C51H36N5+. The number of rotatable bonds is 6. The van der Waals surface area contributed by atoms with E-state index in [0.717, 1.165) is 50.8 Å². The van der Waals surface area contributed by atoms with Crippen molar-refractivity contribution in [2.24, 2.45) is 4.99 Å². The summed E-state index contributed by atoms with van der Waals surface area (Å²) in [5.74, 6) is 1.67. The van der Waals surface area contributed by atoms with Crippen molar-refractivity contribution < 1.29 is 4.99 Å². The van der Waals surface area contributed by atoms with Gasteiger partial charge in [0.15, 0.2) is 6.17 Å². The van der Waals surface area contributed by atoms with Crippen molar-refractivity contribution in [3.63, 3.8) is 0 Å². The lowest BCUT2D eigenvalue weighted by molar-refractivity contribution is -0.516. The molecule has 1 atom stereocenters. The summed E-state index contributed by atoms with van der Waals surface area (Å²) < 4.78 is 4.84. The highest BCUT2D eigenvalue weighted by atomic mass is 15.2. The van der Waals surface area contributed by atoms with Gasteiger partial charge in [0.25, 0.3) is 5.84 Å². The van der Waals surface area contributed by atoms with Crippen molar-refractivity contribution in [3.05, 3.63) is 217 Å². The lowest BCUT2D eigenvalue weighted by Gasteiger charge is -2.19. The molecule has 0 fully saturated rings. The van der Waals surface area contributed by atoms with Crippen LogP contribution in [0.2, 0.25) is 0 Å². The molecule has 0 bridgehead atoms. The maximum Gasteiger partial charge on any atom is 0.328 e. The van der Waals surface area contributed by atoms with Crippen LogP contribution in [0, 0.1) is 0 Å². The van der Waals surface area contributed by atoms with Gasteiger partial charge in [-0.1, -0.05) is 121 Å². The second-order valence-electron chi connectivity index (χ2n) is 14.4. The minimum atomic E-state index is -0.219. The first-order valence-corrected chi connectivity index (χ1v) is 19.1. The molecule has 1 aliphatic rings. The Labute approximate surface area is 324 Å². The van der Waals surface area contributed by atoms with E-state index in [2.05, 4.69) is 208 Å². The molecule has 1 aliphatic heterocycles. The van der Waals surface area contributed by atoms with E-state index in [4.69, 9.17) is 4.99 Å². The van der Waals surface area contributed by atoms with Crippen LogP contribution in [0.5, 0.6) is 0 Å². The zero-order valence-corrected chi connectivity index (χ0v) is 30.5. The minimum absolute atomic E-state index is 0.219. The lowest BCUT2D eigenvalue weighted by Crippen LogP contribution is -2.80. The molecule has 56 heavy (non-hydrogen) atoms. The van der Waals surface area contributed by atoms with Gasteiger partial charge in [-0.05, 0) is 95.0 Å². The van der Waals surface area contributed by atoms with E-state index < -0.39 is 0 Å². The number of nitrogens with one attached hydrogen (secondary N) is 2. The lowest BCUT2D eigenvalue weighted by atomic mass is 10.0. The van der Waals surface area contributed by atoms with Gasteiger partial charge in [-0.25, -0.2) is 4.99 Å². The molecular weight excluding hydrogens is 683 g/mol. The van der Waals surface area contributed by atoms with E-state index >= 15 is 0 Å². The minimum Gasteiger partial charge on any atom is -0.309 e. The zero-order chi connectivity index (χ0) is 37.0. The van der Waals surface area contributed by atoms with Gasteiger partial charge in [0.05, 0.1) is 27.6 Å². The number of hydrogen-bond donors (Lipinski definition) is 2. The van der Waals surface area contributed by atoms with Crippen LogP contribution in [0.4, 0.5) is 0 Å². The van der Waals surface area contributed by atoms with Crippen molar-refractivity contribution in [2.75, 3.05) is 0 Å². The standard InChI is InChI=1S/C51H35N5/c1-5-16-34(17-6-1)37-28-29-46-42(31-37)44-32-43-41-26-13-14-27-45(41)55(39-23-11-4-12-24-39)47(43)33-48(44)56(46)40-25-15-22-38(30-40)51-53-49(35-18-7-2-8-19-35)52-50(54-51)36-20-9-3-10-21-36/h1-33,51H,(H,52,53,54)/p+1. The smallest absolute Gasteiger partial charge is 0.309 e. The SMILES string of the molecule is c1ccc(C2=NC(c3ccccc3)=[NH+]C(c3cccc(-n4c5ccc(-c6ccccc6)cc5c5cc6c7ccccc7n(-c7ccccc7)c6cc54)c3)N2)cc1. The van der Waals surface area contributed by atoms with Crippen LogP contribution in [0.15, 0.2) is 205 Å². The van der Waals surface area contributed by atoms with Crippen LogP contribution in [0.25, 0.3) is 66.1 Å². The van der Waals surface area contributed by atoms with Crippen molar-refractivity contribution in [2.45, 2.75) is 6.17 Å². The van der Waals surface area contributed by atoms with Crippen molar-refractivity contribution in [1.82, 2.24) is 14.5 Å². The average Bonchev–Trinajstić information content (AvgIpc) is 3.78. The Bertz CT molecular complexity index is 3140. The summed E-state index contributed by atoms with van der Waals surface area (Å²) >= 11 is 0. The molecule has 2 N–H and O–H groups in total. The van der Waals surface area contributed by atoms with E-state index in [1.54, 1.807) is 0 Å². The summed E-state index contributed by atoms with van der Waals surface area (Å²) in [5.41, 5.74) is 12.5. The predicted molar refractivity (Wildman–Crippen MR) is 231 cm³/mol. The fourth-order valence-corrected chi connectivity index (χ4v) is 8.41. The van der Waals surface area contributed by atoms with Gasteiger partial charge in [-0.15, -0.1) is 0 Å². The zero-order valence-electron chi connectivity index (χ0n) is 30.5. The number of aromatic nitrogens is 2. The number of fused-ring (bicyclic) bond motifs is 6. The second kappa shape index (κ2) is 13.1. The first-order valence-electron chi connectivity index (χ1n) is 19.1. The highest BCUT2D eigenvalue weighted by Gasteiger charge is 2.28. The maximum atomic E-state index is 5.07. The van der Waals surface area contributed by atoms with Gasteiger partial charge in [0.2, 0.25) is 0 Å². The van der Waals surface area contributed by atoms with Gasteiger partial charge in [0, 0.05) is 44.0 Å². The molecule has 264 valence electrons. The topological polar surface area (TPSA) is 48.2 Å². The third kappa shape index (κ3) is 5.32. The molecule has 0 spiro atoms. The quantitative estimate of drug-likeness (QED) is 0.177.